The number of nitrogens with two attached hydrogens (primary N) is 1. The van der Waals surface area contributed by atoms with Crippen LogP contribution in [0.5, 0.6) is 0 Å². The maximum absolute atomic E-state index is 11.2. The summed E-state index contributed by atoms with van der Waals surface area (Å²) in [7, 11) is 0. The third-order valence-electron chi connectivity index (χ3n) is 6.11. The predicted octanol–water partition coefficient (Wildman–Crippen LogP) is 3.47. The van der Waals surface area contributed by atoms with Crippen LogP contribution >= 0.6 is 0 Å². The first-order valence-corrected chi connectivity index (χ1v) is 7.79. The lowest BCUT2D eigenvalue weighted by Crippen LogP contribution is -2.53. The van der Waals surface area contributed by atoms with Crippen LogP contribution in [-0.4, -0.2) is 17.3 Å². The molecule has 2 aliphatic carbocycles. The maximum atomic E-state index is 11.2. The molecule has 0 aromatic rings. The van der Waals surface area contributed by atoms with Gasteiger partial charge in [0.05, 0.1) is 5.60 Å². The summed E-state index contributed by atoms with van der Waals surface area (Å²) >= 11 is 0. The zero-order valence-electron chi connectivity index (χ0n) is 12.5. The van der Waals surface area contributed by atoms with Crippen LogP contribution in [0.1, 0.15) is 72.1 Å². The van der Waals surface area contributed by atoms with Crippen LogP contribution in [0.15, 0.2) is 0 Å². The highest BCUT2D eigenvalue weighted by atomic mass is 16.3. The largest absolute Gasteiger partial charge is 0.389 e. The Balaban J connectivity index is 2.14. The van der Waals surface area contributed by atoms with Crippen molar-refractivity contribution in [3.05, 3.63) is 0 Å². The third kappa shape index (κ3) is 2.34. The van der Waals surface area contributed by atoms with Crippen molar-refractivity contribution in [1.82, 2.24) is 0 Å². The molecular formula is C16H31NO. The Morgan fingerprint density at radius 1 is 1.11 bits per heavy atom. The zero-order chi connectivity index (χ0) is 13.4. The predicted molar refractivity (Wildman–Crippen MR) is 76.3 cm³/mol. The van der Waals surface area contributed by atoms with Gasteiger partial charge in [-0.3, -0.25) is 0 Å². The van der Waals surface area contributed by atoms with E-state index in [0.717, 1.165) is 25.7 Å². The van der Waals surface area contributed by atoms with Gasteiger partial charge in [-0.25, -0.2) is 0 Å². The van der Waals surface area contributed by atoms with Crippen molar-refractivity contribution in [2.75, 3.05) is 6.54 Å². The van der Waals surface area contributed by atoms with E-state index >= 15 is 0 Å². The van der Waals surface area contributed by atoms with Gasteiger partial charge >= 0.3 is 0 Å². The summed E-state index contributed by atoms with van der Waals surface area (Å²) in [6.07, 6.45) is 9.01. The van der Waals surface area contributed by atoms with E-state index in [0.29, 0.717) is 17.9 Å². The molecule has 2 aliphatic rings. The first kappa shape index (κ1) is 14.3. The van der Waals surface area contributed by atoms with Gasteiger partial charge in [-0.05, 0) is 56.3 Å². The molecule has 3 N–H and O–H groups in total. The molecule has 0 amide bonds. The Hall–Kier alpha value is -0.0800. The van der Waals surface area contributed by atoms with Gasteiger partial charge in [-0.15, -0.1) is 0 Å². The Bertz CT molecular complexity index is 289. The second-order valence-electron chi connectivity index (χ2n) is 7.70. The fraction of sp³-hybridized carbons (Fsp3) is 1.00. The molecule has 0 radical (unpaired) electrons. The molecule has 2 fully saturated rings. The SMILES string of the molecule is CCC1CCC(O)(C2(CN)CCC(C)(C)CC2)C1. The van der Waals surface area contributed by atoms with Crippen LogP contribution in [0.3, 0.4) is 0 Å². The van der Waals surface area contributed by atoms with Crippen molar-refractivity contribution in [3.63, 3.8) is 0 Å². The zero-order valence-corrected chi connectivity index (χ0v) is 12.5. The van der Waals surface area contributed by atoms with Gasteiger partial charge in [0.2, 0.25) is 0 Å². The summed E-state index contributed by atoms with van der Waals surface area (Å²) in [5, 5.41) is 11.2. The lowest BCUT2D eigenvalue weighted by atomic mass is 9.57. The number of hydrogen-bond donors (Lipinski definition) is 2. The third-order valence-corrected chi connectivity index (χ3v) is 6.11. The quantitative estimate of drug-likeness (QED) is 0.809. The normalized spacial score (nSPS) is 38.8. The molecule has 2 heteroatoms. The minimum atomic E-state index is -0.473. The highest BCUT2D eigenvalue weighted by Gasteiger charge is 2.54. The molecule has 2 atom stereocenters. The van der Waals surface area contributed by atoms with Gasteiger partial charge < -0.3 is 10.8 Å². The van der Waals surface area contributed by atoms with E-state index in [2.05, 4.69) is 20.8 Å². The molecule has 0 saturated heterocycles. The summed E-state index contributed by atoms with van der Waals surface area (Å²) in [6.45, 7) is 7.60. The average molecular weight is 253 g/mol. The number of hydrogen-bond acceptors (Lipinski definition) is 2. The second kappa shape index (κ2) is 4.79. The fourth-order valence-electron chi connectivity index (χ4n) is 4.22. The second-order valence-corrected chi connectivity index (χ2v) is 7.70. The van der Waals surface area contributed by atoms with Crippen LogP contribution in [0.2, 0.25) is 0 Å². The molecular weight excluding hydrogens is 222 g/mol. The van der Waals surface area contributed by atoms with Gasteiger partial charge in [0.15, 0.2) is 0 Å². The summed E-state index contributed by atoms with van der Waals surface area (Å²) in [5.74, 6) is 0.716. The van der Waals surface area contributed by atoms with Crippen LogP contribution in [0.4, 0.5) is 0 Å². The lowest BCUT2D eigenvalue weighted by Gasteiger charge is -2.51. The lowest BCUT2D eigenvalue weighted by molar-refractivity contribution is -0.109. The van der Waals surface area contributed by atoms with E-state index in [1.807, 2.05) is 0 Å². The molecule has 2 nitrogen and oxygen atoms in total. The Morgan fingerprint density at radius 2 is 1.72 bits per heavy atom. The summed E-state index contributed by atoms with van der Waals surface area (Å²) in [6, 6.07) is 0. The van der Waals surface area contributed by atoms with Crippen molar-refractivity contribution >= 4 is 0 Å². The van der Waals surface area contributed by atoms with Crippen LogP contribution in [-0.2, 0) is 0 Å². The van der Waals surface area contributed by atoms with Gasteiger partial charge in [-0.2, -0.15) is 0 Å². The van der Waals surface area contributed by atoms with Gasteiger partial charge in [0, 0.05) is 12.0 Å². The van der Waals surface area contributed by atoms with E-state index in [1.54, 1.807) is 0 Å². The van der Waals surface area contributed by atoms with E-state index in [4.69, 9.17) is 5.73 Å². The number of aliphatic hydroxyl groups is 1. The molecule has 106 valence electrons. The summed E-state index contributed by atoms with van der Waals surface area (Å²) in [4.78, 5) is 0. The Kier molecular flexibility index (Phi) is 3.81. The standard InChI is InChI=1S/C16H31NO/c1-4-13-5-6-16(18,11-13)15(12-17)9-7-14(2,3)8-10-15/h13,18H,4-12,17H2,1-3H3. The first-order chi connectivity index (χ1) is 8.36. The Morgan fingerprint density at radius 3 is 2.17 bits per heavy atom. The van der Waals surface area contributed by atoms with Crippen LogP contribution in [0.25, 0.3) is 0 Å². The highest BCUT2D eigenvalue weighted by Crippen LogP contribution is 2.56. The van der Waals surface area contributed by atoms with Crippen molar-refractivity contribution in [1.29, 1.82) is 0 Å². The Labute approximate surface area is 112 Å². The monoisotopic (exact) mass is 253 g/mol. The van der Waals surface area contributed by atoms with E-state index in [-0.39, 0.29) is 5.41 Å². The highest BCUT2D eigenvalue weighted by molar-refractivity contribution is 5.06. The van der Waals surface area contributed by atoms with Gasteiger partial charge in [0.25, 0.3) is 0 Å². The van der Waals surface area contributed by atoms with Crippen LogP contribution in [0, 0.1) is 16.7 Å². The minimum absolute atomic E-state index is 0.00639. The molecule has 2 unspecified atom stereocenters. The summed E-state index contributed by atoms with van der Waals surface area (Å²) in [5.41, 5.74) is 6.09. The molecule has 0 bridgehead atoms. The van der Waals surface area contributed by atoms with Crippen molar-refractivity contribution in [2.45, 2.75) is 77.7 Å². The number of rotatable bonds is 3. The molecule has 0 aromatic heterocycles. The maximum Gasteiger partial charge on any atom is 0.0718 e. The molecule has 18 heavy (non-hydrogen) atoms. The smallest absolute Gasteiger partial charge is 0.0718 e. The minimum Gasteiger partial charge on any atom is -0.389 e. The molecule has 2 saturated carbocycles. The van der Waals surface area contributed by atoms with Gasteiger partial charge in [0.1, 0.15) is 0 Å². The topological polar surface area (TPSA) is 46.2 Å². The van der Waals surface area contributed by atoms with Crippen molar-refractivity contribution < 1.29 is 5.11 Å². The van der Waals surface area contributed by atoms with E-state index < -0.39 is 5.60 Å². The fourth-order valence-corrected chi connectivity index (χ4v) is 4.22. The van der Waals surface area contributed by atoms with Gasteiger partial charge in [-0.1, -0.05) is 27.2 Å². The molecule has 0 spiro atoms. The molecule has 0 aliphatic heterocycles. The van der Waals surface area contributed by atoms with Crippen LogP contribution < -0.4 is 5.73 Å². The summed E-state index contributed by atoms with van der Waals surface area (Å²) < 4.78 is 0. The van der Waals surface area contributed by atoms with E-state index in [1.165, 1.54) is 25.7 Å². The van der Waals surface area contributed by atoms with Crippen molar-refractivity contribution in [2.24, 2.45) is 22.5 Å². The average Bonchev–Trinajstić information content (AvgIpc) is 2.73. The van der Waals surface area contributed by atoms with Crippen molar-refractivity contribution in [3.8, 4) is 0 Å². The molecule has 2 rings (SSSR count). The van der Waals surface area contributed by atoms with E-state index in [9.17, 15) is 5.11 Å². The molecule has 0 heterocycles. The molecule has 0 aromatic carbocycles. The first-order valence-electron chi connectivity index (χ1n) is 7.79.